The molecule has 8 heteroatoms. The zero-order chi connectivity index (χ0) is 14.7. The summed E-state index contributed by atoms with van der Waals surface area (Å²) < 4.78 is 2.21. The number of nitrogens with zero attached hydrogens (tertiary/aromatic N) is 2. The summed E-state index contributed by atoms with van der Waals surface area (Å²) in [5.74, 6) is 2.89. The maximum Gasteiger partial charge on any atom is 0.238 e. The predicted molar refractivity (Wildman–Crippen MR) is 101 cm³/mol. The SMILES string of the molecule is Cc1nc2ccccc2n1CCCNC(=O)C1CSCN1.Cl.Cl. The number of nitrogens with one attached hydrogen (secondary N) is 2. The van der Waals surface area contributed by atoms with Gasteiger partial charge in [0.2, 0.25) is 5.91 Å². The average Bonchev–Trinajstić information content (AvgIpc) is 3.11. The molecule has 2 heterocycles. The largest absolute Gasteiger partial charge is 0.355 e. The van der Waals surface area contributed by atoms with Gasteiger partial charge in [-0.05, 0) is 25.5 Å². The normalized spacial score (nSPS) is 16.7. The fraction of sp³-hybridized carbons (Fsp3) is 0.467. The molecule has 2 aromatic rings. The van der Waals surface area contributed by atoms with Crippen LogP contribution in [0.25, 0.3) is 11.0 Å². The number of carbonyl (C=O) groups is 1. The lowest BCUT2D eigenvalue weighted by atomic mass is 10.3. The Kier molecular flexibility index (Phi) is 8.19. The van der Waals surface area contributed by atoms with E-state index >= 15 is 0 Å². The molecule has 1 atom stereocenters. The van der Waals surface area contributed by atoms with Crippen molar-refractivity contribution in [2.24, 2.45) is 0 Å². The maximum absolute atomic E-state index is 11.9. The van der Waals surface area contributed by atoms with Crippen LogP contribution in [0.5, 0.6) is 0 Å². The molecule has 0 radical (unpaired) electrons. The van der Waals surface area contributed by atoms with Gasteiger partial charge < -0.3 is 9.88 Å². The molecule has 1 aliphatic rings. The highest BCUT2D eigenvalue weighted by Gasteiger charge is 2.21. The summed E-state index contributed by atoms with van der Waals surface area (Å²) in [6.07, 6.45) is 0.910. The van der Waals surface area contributed by atoms with Crippen LogP contribution >= 0.6 is 36.6 Å². The molecule has 1 aromatic carbocycles. The van der Waals surface area contributed by atoms with Crippen LogP contribution in [0.1, 0.15) is 12.2 Å². The highest BCUT2D eigenvalue weighted by atomic mass is 35.5. The van der Waals surface area contributed by atoms with Crippen molar-refractivity contribution in [3.8, 4) is 0 Å². The predicted octanol–water partition coefficient (Wildman–Crippen LogP) is 2.36. The molecule has 2 N–H and O–H groups in total. The minimum Gasteiger partial charge on any atom is -0.355 e. The van der Waals surface area contributed by atoms with Crippen molar-refractivity contribution in [1.82, 2.24) is 20.2 Å². The average molecular weight is 377 g/mol. The molecule has 3 rings (SSSR count). The van der Waals surface area contributed by atoms with Gasteiger partial charge >= 0.3 is 0 Å². The lowest BCUT2D eigenvalue weighted by molar-refractivity contribution is -0.122. The minimum absolute atomic E-state index is 0. The molecular formula is C15H22Cl2N4OS. The molecular weight excluding hydrogens is 355 g/mol. The topological polar surface area (TPSA) is 59.0 Å². The van der Waals surface area contributed by atoms with Crippen molar-refractivity contribution in [2.45, 2.75) is 25.9 Å². The first-order chi connectivity index (χ1) is 10.3. The molecule has 1 aliphatic heterocycles. The molecule has 1 fully saturated rings. The first kappa shape index (κ1) is 20.1. The van der Waals surface area contributed by atoms with Gasteiger partial charge in [0, 0.05) is 24.7 Å². The number of hydrogen-bond acceptors (Lipinski definition) is 4. The summed E-state index contributed by atoms with van der Waals surface area (Å²) in [5, 5.41) is 6.19. The Morgan fingerprint density at radius 3 is 2.96 bits per heavy atom. The van der Waals surface area contributed by atoms with Crippen LogP contribution in [0.4, 0.5) is 0 Å². The maximum atomic E-state index is 11.9. The van der Waals surface area contributed by atoms with E-state index in [2.05, 4.69) is 26.3 Å². The van der Waals surface area contributed by atoms with Crippen molar-refractivity contribution in [1.29, 1.82) is 0 Å². The number of aryl methyl sites for hydroxylation is 2. The summed E-state index contributed by atoms with van der Waals surface area (Å²) in [4.78, 5) is 16.4. The van der Waals surface area contributed by atoms with Gasteiger partial charge in [-0.25, -0.2) is 4.98 Å². The standard InChI is InChI=1S/C15H20N4OS.2ClH/c1-11-18-12-5-2-3-6-14(12)19(11)8-4-7-16-15(20)13-9-21-10-17-13;;/h2-3,5-6,13,17H,4,7-10H2,1H3,(H,16,20);2*1H. The van der Waals surface area contributed by atoms with Gasteiger partial charge in [0.25, 0.3) is 0 Å². The second-order valence-corrected chi connectivity index (χ2v) is 6.25. The number of imidazole rings is 1. The fourth-order valence-corrected chi connectivity index (χ4v) is 3.56. The number of amides is 1. The third-order valence-electron chi connectivity index (χ3n) is 3.74. The number of rotatable bonds is 5. The van der Waals surface area contributed by atoms with Crippen molar-refractivity contribution in [3.05, 3.63) is 30.1 Å². The van der Waals surface area contributed by atoms with E-state index in [1.165, 1.54) is 0 Å². The van der Waals surface area contributed by atoms with Crippen LogP contribution in [-0.4, -0.2) is 39.7 Å². The van der Waals surface area contributed by atoms with Crippen LogP contribution in [0, 0.1) is 6.92 Å². The number of halogens is 2. The van der Waals surface area contributed by atoms with E-state index in [-0.39, 0.29) is 36.8 Å². The van der Waals surface area contributed by atoms with Crippen molar-refractivity contribution in [3.63, 3.8) is 0 Å². The van der Waals surface area contributed by atoms with Crippen molar-refractivity contribution < 1.29 is 4.79 Å². The monoisotopic (exact) mass is 376 g/mol. The van der Waals surface area contributed by atoms with E-state index in [1.807, 2.05) is 25.1 Å². The van der Waals surface area contributed by atoms with E-state index in [0.717, 1.165) is 41.5 Å². The first-order valence-corrected chi connectivity index (χ1v) is 8.42. The fourth-order valence-electron chi connectivity index (χ4n) is 2.61. The highest BCUT2D eigenvalue weighted by Crippen LogP contribution is 2.15. The number of para-hydroxylation sites is 2. The lowest BCUT2D eigenvalue weighted by Crippen LogP contribution is -2.42. The zero-order valence-electron chi connectivity index (χ0n) is 12.9. The molecule has 0 saturated carbocycles. The van der Waals surface area contributed by atoms with Crippen LogP contribution in [-0.2, 0) is 11.3 Å². The molecule has 0 spiro atoms. The van der Waals surface area contributed by atoms with Gasteiger partial charge in [-0.2, -0.15) is 0 Å². The smallest absolute Gasteiger partial charge is 0.238 e. The summed E-state index contributed by atoms with van der Waals surface area (Å²) in [7, 11) is 0. The van der Waals surface area contributed by atoms with E-state index in [9.17, 15) is 4.79 Å². The molecule has 1 aromatic heterocycles. The molecule has 23 heavy (non-hydrogen) atoms. The van der Waals surface area contributed by atoms with Gasteiger partial charge in [-0.1, -0.05) is 12.1 Å². The zero-order valence-corrected chi connectivity index (χ0v) is 15.4. The lowest BCUT2D eigenvalue weighted by Gasteiger charge is -2.11. The number of benzene rings is 1. The van der Waals surface area contributed by atoms with Gasteiger partial charge in [0.1, 0.15) is 5.82 Å². The summed E-state index contributed by atoms with van der Waals surface area (Å²) in [6.45, 7) is 3.60. The third-order valence-corrected chi connectivity index (χ3v) is 4.68. The van der Waals surface area contributed by atoms with Crippen molar-refractivity contribution >= 4 is 53.5 Å². The summed E-state index contributed by atoms with van der Waals surface area (Å²) in [6, 6.07) is 8.14. The molecule has 0 aliphatic carbocycles. The first-order valence-electron chi connectivity index (χ1n) is 7.26. The molecule has 128 valence electrons. The number of fused-ring (bicyclic) bond motifs is 1. The van der Waals surface area contributed by atoms with Crippen LogP contribution in [0.2, 0.25) is 0 Å². The summed E-state index contributed by atoms with van der Waals surface area (Å²) >= 11 is 1.77. The third kappa shape index (κ3) is 4.76. The Morgan fingerprint density at radius 2 is 2.22 bits per heavy atom. The van der Waals surface area contributed by atoms with Gasteiger partial charge in [0.05, 0.1) is 17.1 Å². The number of hydrogen-bond donors (Lipinski definition) is 2. The second-order valence-electron chi connectivity index (χ2n) is 5.22. The van der Waals surface area contributed by atoms with E-state index in [0.29, 0.717) is 6.54 Å². The number of carbonyl (C=O) groups excluding carboxylic acids is 1. The second kappa shape index (κ2) is 9.37. The molecule has 1 amide bonds. The van der Waals surface area contributed by atoms with Crippen molar-refractivity contribution in [2.75, 3.05) is 18.2 Å². The Labute approximate surface area is 152 Å². The van der Waals surface area contributed by atoms with Gasteiger partial charge in [-0.3, -0.25) is 10.1 Å². The Morgan fingerprint density at radius 1 is 1.43 bits per heavy atom. The molecule has 1 saturated heterocycles. The van der Waals surface area contributed by atoms with Crippen LogP contribution < -0.4 is 10.6 Å². The van der Waals surface area contributed by atoms with E-state index < -0.39 is 0 Å². The van der Waals surface area contributed by atoms with Crippen LogP contribution in [0.3, 0.4) is 0 Å². The Bertz CT molecular complexity index is 643. The molecule has 1 unspecified atom stereocenters. The molecule has 0 bridgehead atoms. The summed E-state index contributed by atoms with van der Waals surface area (Å²) in [5.41, 5.74) is 2.20. The van der Waals surface area contributed by atoms with Gasteiger partial charge in [0.15, 0.2) is 0 Å². The number of thioether (sulfide) groups is 1. The highest BCUT2D eigenvalue weighted by molar-refractivity contribution is 7.99. The molecule has 5 nitrogen and oxygen atoms in total. The van der Waals surface area contributed by atoms with Gasteiger partial charge in [-0.15, -0.1) is 36.6 Å². The Hall–Kier alpha value is -0.950. The number of aromatic nitrogens is 2. The van der Waals surface area contributed by atoms with Crippen LogP contribution in [0.15, 0.2) is 24.3 Å². The minimum atomic E-state index is -0.0224. The van der Waals surface area contributed by atoms with E-state index in [1.54, 1.807) is 11.8 Å². The Balaban J connectivity index is 0.00000132. The van der Waals surface area contributed by atoms with E-state index in [4.69, 9.17) is 0 Å². The quantitative estimate of drug-likeness (QED) is 0.786.